The molecule has 1 aliphatic rings. The van der Waals surface area contributed by atoms with Crippen LogP contribution in [-0.4, -0.2) is 31.4 Å². The van der Waals surface area contributed by atoms with Gasteiger partial charge >= 0.3 is 0 Å². The summed E-state index contributed by atoms with van der Waals surface area (Å²) in [6.07, 6.45) is 7.82. The maximum absolute atomic E-state index is 4.83. The summed E-state index contributed by atoms with van der Waals surface area (Å²) in [5.74, 6) is 0.787. The third-order valence-corrected chi connectivity index (χ3v) is 4.53. The fraction of sp³-hybridized carbons (Fsp3) is 0.316. The van der Waals surface area contributed by atoms with E-state index in [0.717, 1.165) is 42.4 Å². The summed E-state index contributed by atoms with van der Waals surface area (Å²) in [4.78, 5) is 19.3. The van der Waals surface area contributed by atoms with Crippen LogP contribution < -0.4 is 0 Å². The summed E-state index contributed by atoms with van der Waals surface area (Å²) in [6, 6.07) is 11.0. The van der Waals surface area contributed by atoms with E-state index in [0.29, 0.717) is 6.04 Å². The van der Waals surface area contributed by atoms with Gasteiger partial charge in [0.1, 0.15) is 5.69 Å². The minimum Gasteiger partial charge on any atom is -0.341 e. The lowest BCUT2D eigenvalue weighted by atomic mass is 10.1. The van der Waals surface area contributed by atoms with E-state index >= 15 is 0 Å². The highest BCUT2D eigenvalue weighted by molar-refractivity contribution is 5.48. The van der Waals surface area contributed by atoms with E-state index in [9.17, 15) is 0 Å². The number of rotatable bonds is 4. The van der Waals surface area contributed by atoms with Crippen molar-refractivity contribution in [2.24, 2.45) is 0 Å². The van der Waals surface area contributed by atoms with Gasteiger partial charge in [-0.1, -0.05) is 30.3 Å². The molecule has 0 radical (unpaired) electrons. The van der Waals surface area contributed by atoms with Gasteiger partial charge in [0.15, 0.2) is 5.82 Å². The van der Waals surface area contributed by atoms with Crippen molar-refractivity contribution in [3.05, 3.63) is 65.9 Å². The minimum atomic E-state index is 0.328. The Morgan fingerprint density at radius 3 is 2.83 bits per heavy atom. The first kappa shape index (κ1) is 15.0. The number of H-pyrrole nitrogens is 1. The number of nitrogens with zero attached hydrogens (tertiary/aromatic N) is 4. The predicted molar refractivity (Wildman–Crippen MR) is 93.2 cm³/mol. The zero-order valence-corrected chi connectivity index (χ0v) is 13.8. The number of imidazole rings is 1. The Kier molecular flexibility index (Phi) is 4.09. The highest BCUT2D eigenvalue weighted by Crippen LogP contribution is 2.32. The largest absolute Gasteiger partial charge is 0.341 e. The summed E-state index contributed by atoms with van der Waals surface area (Å²) in [5.41, 5.74) is 4.22. The third kappa shape index (κ3) is 3.08. The Balaban J connectivity index is 1.58. The molecule has 1 atom stereocenters. The second-order valence-corrected chi connectivity index (χ2v) is 6.36. The molecule has 0 amide bonds. The molecule has 1 saturated heterocycles. The molecular weight excluding hydrogens is 298 g/mol. The number of likely N-dealkylation sites (tertiary alicyclic amines) is 1. The van der Waals surface area contributed by atoms with Gasteiger partial charge in [0.2, 0.25) is 0 Å². The standard InChI is InChI=1S/C19H21N5/c1-14-10-21-19(22-14)17-12-20-11-16(23-17)18-8-5-9-24(18)13-15-6-3-2-4-7-15/h2-4,6-7,10-12,18H,5,8-9,13H2,1H3,(H,21,22). The summed E-state index contributed by atoms with van der Waals surface area (Å²) in [6.45, 7) is 4.05. The van der Waals surface area contributed by atoms with E-state index < -0.39 is 0 Å². The molecule has 5 heteroatoms. The van der Waals surface area contributed by atoms with Crippen LogP contribution in [0.2, 0.25) is 0 Å². The van der Waals surface area contributed by atoms with Gasteiger partial charge in [-0.25, -0.2) is 9.97 Å². The fourth-order valence-electron chi connectivity index (χ4n) is 3.37. The first-order valence-electron chi connectivity index (χ1n) is 8.41. The maximum atomic E-state index is 4.83. The van der Waals surface area contributed by atoms with Gasteiger partial charge in [-0.15, -0.1) is 0 Å². The van der Waals surface area contributed by atoms with Crippen molar-refractivity contribution in [3.8, 4) is 11.5 Å². The molecule has 1 fully saturated rings. The third-order valence-electron chi connectivity index (χ3n) is 4.53. The highest BCUT2D eigenvalue weighted by atomic mass is 15.2. The van der Waals surface area contributed by atoms with Crippen LogP contribution in [0.1, 0.15) is 35.8 Å². The van der Waals surface area contributed by atoms with E-state index in [1.807, 2.05) is 19.3 Å². The molecule has 0 saturated carbocycles. The van der Waals surface area contributed by atoms with Gasteiger partial charge in [0.25, 0.3) is 0 Å². The van der Waals surface area contributed by atoms with Crippen LogP contribution in [0.4, 0.5) is 0 Å². The molecule has 2 aromatic heterocycles. The molecule has 0 bridgehead atoms. The molecule has 1 unspecified atom stereocenters. The number of aromatic nitrogens is 4. The fourth-order valence-corrected chi connectivity index (χ4v) is 3.37. The summed E-state index contributed by atoms with van der Waals surface area (Å²) < 4.78 is 0. The predicted octanol–water partition coefficient (Wildman–Crippen LogP) is 3.51. The van der Waals surface area contributed by atoms with Gasteiger partial charge in [0.05, 0.1) is 24.1 Å². The second-order valence-electron chi connectivity index (χ2n) is 6.36. The summed E-state index contributed by atoms with van der Waals surface area (Å²) in [5, 5.41) is 0. The lowest BCUT2D eigenvalue weighted by molar-refractivity contribution is 0.244. The molecule has 1 N–H and O–H groups in total. The molecule has 3 heterocycles. The van der Waals surface area contributed by atoms with E-state index in [2.05, 4.69) is 50.2 Å². The van der Waals surface area contributed by atoms with Crippen molar-refractivity contribution < 1.29 is 0 Å². The average Bonchev–Trinajstić information content (AvgIpc) is 3.25. The van der Waals surface area contributed by atoms with Crippen LogP contribution in [0.3, 0.4) is 0 Å². The Morgan fingerprint density at radius 1 is 1.17 bits per heavy atom. The number of hydrogen-bond donors (Lipinski definition) is 1. The van der Waals surface area contributed by atoms with Crippen molar-refractivity contribution in [2.75, 3.05) is 6.54 Å². The number of aryl methyl sites for hydroxylation is 1. The topological polar surface area (TPSA) is 57.7 Å². The highest BCUT2D eigenvalue weighted by Gasteiger charge is 2.27. The Morgan fingerprint density at radius 2 is 2.04 bits per heavy atom. The van der Waals surface area contributed by atoms with Crippen molar-refractivity contribution in [1.82, 2.24) is 24.8 Å². The van der Waals surface area contributed by atoms with Gasteiger partial charge < -0.3 is 4.98 Å². The van der Waals surface area contributed by atoms with Crippen molar-refractivity contribution in [1.29, 1.82) is 0 Å². The van der Waals surface area contributed by atoms with Crippen molar-refractivity contribution >= 4 is 0 Å². The van der Waals surface area contributed by atoms with Gasteiger partial charge in [-0.05, 0) is 31.9 Å². The van der Waals surface area contributed by atoms with Gasteiger partial charge in [-0.2, -0.15) is 0 Å². The molecule has 0 aliphatic carbocycles. The zero-order chi connectivity index (χ0) is 16.4. The molecule has 5 nitrogen and oxygen atoms in total. The lowest BCUT2D eigenvalue weighted by Gasteiger charge is -2.24. The molecule has 1 aromatic carbocycles. The number of nitrogens with one attached hydrogen (secondary N) is 1. The zero-order valence-electron chi connectivity index (χ0n) is 13.8. The van der Waals surface area contributed by atoms with Crippen LogP contribution in [-0.2, 0) is 6.54 Å². The molecule has 0 spiro atoms. The second kappa shape index (κ2) is 6.53. The van der Waals surface area contributed by atoms with Gasteiger partial charge in [-0.3, -0.25) is 9.88 Å². The molecule has 1 aliphatic heterocycles. The normalized spacial score (nSPS) is 18.1. The maximum Gasteiger partial charge on any atom is 0.157 e. The minimum absolute atomic E-state index is 0.328. The smallest absolute Gasteiger partial charge is 0.157 e. The number of aromatic amines is 1. The van der Waals surface area contributed by atoms with E-state index in [1.165, 1.54) is 12.0 Å². The van der Waals surface area contributed by atoms with Crippen LogP contribution in [0.25, 0.3) is 11.5 Å². The van der Waals surface area contributed by atoms with Crippen LogP contribution in [0, 0.1) is 6.92 Å². The number of hydrogen-bond acceptors (Lipinski definition) is 4. The SMILES string of the molecule is Cc1cnc(-c2cncc(C3CCCN3Cc3ccccc3)n2)[nH]1. The molecule has 4 rings (SSSR count). The van der Waals surface area contributed by atoms with E-state index in [4.69, 9.17) is 4.98 Å². The van der Waals surface area contributed by atoms with Gasteiger partial charge in [0, 0.05) is 18.4 Å². The number of benzene rings is 1. The molecular formula is C19H21N5. The summed E-state index contributed by atoms with van der Waals surface area (Å²) >= 11 is 0. The van der Waals surface area contributed by atoms with Crippen LogP contribution in [0.15, 0.2) is 48.9 Å². The lowest BCUT2D eigenvalue weighted by Crippen LogP contribution is -2.23. The Bertz CT molecular complexity index is 811. The van der Waals surface area contributed by atoms with E-state index in [-0.39, 0.29) is 0 Å². The quantitative estimate of drug-likeness (QED) is 0.799. The first-order chi connectivity index (χ1) is 11.8. The Labute approximate surface area is 141 Å². The molecule has 122 valence electrons. The first-order valence-corrected chi connectivity index (χ1v) is 8.41. The van der Waals surface area contributed by atoms with Crippen LogP contribution >= 0.6 is 0 Å². The van der Waals surface area contributed by atoms with Crippen molar-refractivity contribution in [2.45, 2.75) is 32.4 Å². The summed E-state index contributed by atoms with van der Waals surface area (Å²) in [7, 11) is 0. The van der Waals surface area contributed by atoms with Crippen LogP contribution in [0.5, 0.6) is 0 Å². The molecule has 24 heavy (non-hydrogen) atoms. The average molecular weight is 319 g/mol. The molecule has 3 aromatic rings. The monoisotopic (exact) mass is 319 g/mol. The van der Waals surface area contributed by atoms with E-state index in [1.54, 1.807) is 6.20 Å². The Hall–Kier alpha value is -2.53. The van der Waals surface area contributed by atoms with Crippen molar-refractivity contribution in [3.63, 3.8) is 0 Å².